The SMILES string of the molecule is O=C(O)c1cncn1-c1ccccc1F. The number of rotatable bonds is 2. The standard InChI is InChI=1S/C10H7FN2O2/c11-7-3-1-2-4-8(7)13-6-12-5-9(13)10(14)15/h1-6H,(H,14,15). The van der Waals surface area contributed by atoms with Crippen LogP contribution in [0.2, 0.25) is 0 Å². The first kappa shape index (κ1) is 9.39. The molecule has 0 aliphatic rings. The van der Waals surface area contributed by atoms with Gasteiger partial charge in [0.1, 0.15) is 5.82 Å². The molecule has 76 valence electrons. The number of benzene rings is 1. The first-order valence-electron chi connectivity index (χ1n) is 4.20. The molecule has 0 saturated carbocycles. The molecule has 5 heteroatoms. The summed E-state index contributed by atoms with van der Waals surface area (Å²) >= 11 is 0. The van der Waals surface area contributed by atoms with E-state index in [2.05, 4.69) is 4.98 Å². The molecular formula is C10H7FN2O2. The highest BCUT2D eigenvalue weighted by molar-refractivity contribution is 5.86. The van der Waals surface area contributed by atoms with Crippen molar-refractivity contribution in [3.63, 3.8) is 0 Å². The van der Waals surface area contributed by atoms with Gasteiger partial charge in [0.2, 0.25) is 0 Å². The van der Waals surface area contributed by atoms with Crippen molar-refractivity contribution in [2.45, 2.75) is 0 Å². The van der Waals surface area contributed by atoms with Crippen molar-refractivity contribution in [1.29, 1.82) is 0 Å². The number of hydrogen-bond donors (Lipinski definition) is 1. The van der Waals surface area contributed by atoms with E-state index in [-0.39, 0.29) is 11.4 Å². The number of halogens is 1. The average Bonchev–Trinajstić information content (AvgIpc) is 2.67. The van der Waals surface area contributed by atoms with Gasteiger partial charge in [-0.3, -0.25) is 4.57 Å². The van der Waals surface area contributed by atoms with Crippen molar-refractivity contribution in [2.75, 3.05) is 0 Å². The second-order valence-electron chi connectivity index (χ2n) is 2.91. The Hall–Kier alpha value is -2.17. The van der Waals surface area contributed by atoms with Crippen LogP contribution >= 0.6 is 0 Å². The van der Waals surface area contributed by atoms with Gasteiger partial charge >= 0.3 is 5.97 Å². The normalized spacial score (nSPS) is 10.2. The molecule has 0 aliphatic heterocycles. The van der Waals surface area contributed by atoms with Crippen molar-refractivity contribution >= 4 is 5.97 Å². The fourth-order valence-electron chi connectivity index (χ4n) is 1.29. The second kappa shape index (κ2) is 3.53. The minimum atomic E-state index is -1.14. The minimum absolute atomic E-state index is 0.0694. The second-order valence-corrected chi connectivity index (χ2v) is 2.91. The van der Waals surface area contributed by atoms with Gasteiger partial charge in [0, 0.05) is 0 Å². The zero-order chi connectivity index (χ0) is 10.8. The summed E-state index contributed by atoms with van der Waals surface area (Å²) in [7, 11) is 0. The van der Waals surface area contributed by atoms with Crippen LogP contribution in [0.1, 0.15) is 10.5 Å². The molecule has 0 unspecified atom stereocenters. The van der Waals surface area contributed by atoms with Crippen LogP contribution < -0.4 is 0 Å². The lowest BCUT2D eigenvalue weighted by Crippen LogP contribution is -2.06. The first-order chi connectivity index (χ1) is 7.20. The number of carboxylic acid groups (broad SMARTS) is 1. The summed E-state index contributed by atoms with van der Waals surface area (Å²) in [5.41, 5.74) is 0.104. The van der Waals surface area contributed by atoms with E-state index in [0.29, 0.717) is 0 Å². The van der Waals surface area contributed by atoms with Gasteiger partial charge < -0.3 is 5.11 Å². The summed E-state index contributed by atoms with van der Waals surface area (Å²) in [5, 5.41) is 8.82. The zero-order valence-electron chi connectivity index (χ0n) is 7.59. The largest absolute Gasteiger partial charge is 0.477 e. The molecule has 0 fully saturated rings. The van der Waals surface area contributed by atoms with E-state index < -0.39 is 11.8 Å². The van der Waals surface area contributed by atoms with Gasteiger partial charge in [-0.1, -0.05) is 12.1 Å². The highest BCUT2D eigenvalue weighted by Crippen LogP contribution is 2.14. The quantitative estimate of drug-likeness (QED) is 0.813. The Balaban J connectivity index is 2.59. The summed E-state index contributed by atoms with van der Waals surface area (Å²) < 4.78 is 14.5. The third kappa shape index (κ3) is 1.59. The molecule has 0 bridgehead atoms. The fourth-order valence-corrected chi connectivity index (χ4v) is 1.29. The first-order valence-corrected chi connectivity index (χ1v) is 4.20. The van der Waals surface area contributed by atoms with Crippen LogP contribution in [0.5, 0.6) is 0 Å². The van der Waals surface area contributed by atoms with E-state index in [1.165, 1.54) is 35.3 Å². The summed E-state index contributed by atoms with van der Waals surface area (Å²) in [6.45, 7) is 0. The Morgan fingerprint density at radius 2 is 2.13 bits per heavy atom. The number of carboxylic acids is 1. The van der Waals surface area contributed by atoms with Gasteiger partial charge in [-0.2, -0.15) is 0 Å². The number of para-hydroxylation sites is 1. The third-order valence-corrected chi connectivity index (χ3v) is 1.97. The molecule has 15 heavy (non-hydrogen) atoms. The van der Waals surface area contributed by atoms with Crippen molar-refractivity contribution in [3.05, 3.63) is 48.3 Å². The van der Waals surface area contributed by atoms with Crippen LogP contribution in [0.4, 0.5) is 4.39 Å². The highest BCUT2D eigenvalue weighted by Gasteiger charge is 2.13. The van der Waals surface area contributed by atoms with Gasteiger partial charge in [0.05, 0.1) is 18.2 Å². The molecule has 0 aliphatic carbocycles. The van der Waals surface area contributed by atoms with Gasteiger partial charge in [0.25, 0.3) is 0 Å². The lowest BCUT2D eigenvalue weighted by molar-refractivity contribution is 0.0688. The Morgan fingerprint density at radius 3 is 2.80 bits per heavy atom. The molecule has 0 atom stereocenters. The molecule has 2 rings (SSSR count). The molecule has 0 spiro atoms. The van der Waals surface area contributed by atoms with Crippen LogP contribution in [0, 0.1) is 5.82 Å². The van der Waals surface area contributed by atoms with Gasteiger partial charge in [-0.05, 0) is 12.1 Å². The number of nitrogens with zero attached hydrogens (tertiary/aromatic N) is 2. The van der Waals surface area contributed by atoms with Crippen molar-refractivity contribution < 1.29 is 14.3 Å². The third-order valence-electron chi connectivity index (χ3n) is 1.97. The van der Waals surface area contributed by atoms with Crippen LogP contribution in [-0.4, -0.2) is 20.6 Å². The van der Waals surface area contributed by atoms with E-state index in [1.54, 1.807) is 6.07 Å². The summed E-state index contributed by atoms with van der Waals surface area (Å²) in [5.74, 6) is -1.63. The van der Waals surface area contributed by atoms with Crippen LogP contribution in [0.25, 0.3) is 5.69 Å². The van der Waals surface area contributed by atoms with Gasteiger partial charge in [-0.15, -0.1) is 0 Å². The lowest BCUT2D eigenvalue weighted by atomic mass is 10.3. The number of imidazole rings is 1. The predicted molar refractivity (Wildman–Crippen MR) is 50.5 cm³/mol. The monoisotopic (exact) mass is 206 g/mol. The van der Waals surface area contributed by atoms with Gasteiger partial charge in [-0.25, -0.2) is 14.2 Å². The summed E-state index contributed by atoms with van der Waals surface area (Å²) in [4.78, 5) is 14.5. The Morgan fingerprint density at radius 1 is 1.40 bits per heavy atom. The highest BCUT2D eigenvalue weighted by atomic mass is 19.1. The molecule has 0 radical (unpaired) electrons. The zero-order valence-corrected chi connectivity index (χ0v) is 7.59. The minimum Gasteiger partial charge on any atom is -0.477 e. The van der Waals surface area contributed by atoms with E-state index in [0.717, 1.165) is 0 Å². The van der Waals surface area contributed by atoms with E-state index in [4.69, 9.17) is 5.11 Å². The maximum absolute atomic E-state index is 13.4. The molecule has 1 aromatic heterocycles. The molecular weight excluding hydrogens is 199 g/mol. The van der Waals surface area contributed by atoms with Crippen LogP contribution in [0.15, 0.2) is 36.8 Å². The van der Waals surface area contributed by atoms with Crippen LogP contribution in [0.3, 0.4) is 0 Å². The van der Waals surface area contributed by atoms with Crippen LogP contribution in [-0.2, 0) is 0 Å². The predicted octanol–water partition coefficient (Wildman–Crippen LogP) is 1.71. The topological polar surface area (TPSA) is 55.1 Å². The van der Waals surface area contributed by atoms with E-state index >= 15 is 0 Å². The lowest BCUT2D eigenvalue weighted by Gasteiger charge is -2.05. The molecule has 4 nitrogen and oxygen atoms in total. The summed E-state index contributed by atoms with van der Waals surface area (Å²) in [6, 6.07) is 5.92. The van der Waals surface area contributed by atoms with Crippen molar-refractivity contribution in [1.82, 2.24) is 9.55 Å². The molecule has 2 aromatic rings. The molecule has 0 amide bonds. The van der Waals surface area contributed by atoms with E-state index in [9.17, 15) is 9.18 Å². The maximum Gasteiger partial charge on any atom is 0.354 e. The number of aromatic nitrogens is 2. The molecule has 1 heterocycles. The molecule has 0 saturated heterocycles. The van der Waals surface area contributed by atoms with Gasteiger partial charge in [0.15, 0.2) is 5.69 Å². The summed E-state index contributed by atoms with van der Waals surface area (Å²) in [6.07, 6.45) is 2.44. The molecule has 1 aromatic carbocycles. The fraction of sp³-hybridized carbons (Fsp3) is 0. The molecule has 1 N–H and O–H groups in total. The number of carbonyl (C=O) groups is 1. The maximum atomic E-state index is 13.4. The Bertz CT molecular complexity index is 508. The Kier molecular flexibility index (Phi) is 2.21. The number of aromatic carboxylic acids is 1. The Labute approximate surface area is 84.6 Å². The van der Waals surface area contributed by atoms with Crippen molar-refractivity contribution in [2.24, 2.45) is 0 Å². The smallest absolute Gasteiger partial charge is 0.354 e. The van der Waals surface area contributed by atoms with E-state index in [1.807, 2.05) is 0 Å². The van der Waals surface area contributed by atoms with Crippen molar-refractivity contribution in [3.8, 4) is 5.69 Å². The average molecular weight is 206 g/mol. The number of hydrogen-bond acceptors (Lipinski definition) is 2.